The highest BCUT2D eigenvalue weighted by Crippen LogP contribution is 2.44. The highest BCUT2D eigenvalue weighted by molar-refractivity contribution is 6.77. The first-order chi connectivity index (χ1) is 20.7. The third kappa shape index (κ3) is 9.59. The molecule has 0 saturated carbocycles. The molecule has 0 fully saturated rings. The van der Waals surface area contributed by atoms with E-state index < -0.39 is 32.7 Å². The molecule has 0 spiro atoms. The molecule has 3 aromatic rings. The molecule has 3 unspecified atom stereocenters. The van der Waals surface area contributed by atoms with E-state index in [1.54, 1.807) is 0 Å². The van der Waals surface area contributed by atoms with Crippen LogP contribution < -0.4 is 0 Å². The maximum absolute atomic E-state index is 7.34. The first-order valence-electron chi connectivity index (χ1n) is 15.6. The Balaban J connectivity index is 2.04. The predicted octanol–water partition coefficient (Wildman–Crippen LogP) is 9.68. The first-order valence-corrected chi connectivity index (χ1v) is 17.8. The van der Waals surface area contributed by atoms with E-state index in [1.165, 1.54) is 0 Å². The molecule has 43 heavy (non-hydrogen) atoms. The van der Waals surface area contributed by atoms with Crippen LogP contribution in [0.2, 0.25) is 16.6 Å². The molecule has 0 amide bonds. The lowest BCUT2D eigenvalue weighted by molar-refractivity contribution is -0.159. The number of hydrogen-bond donors (Lipinski definition) is 0. The molecular formula is C38H52O4Si. The molecule has 4 nitrogen and oxygen atoms in total. The maximum Gasteiger partial charge on any atom is 0.201 e. The van der Waals surface area contributed by atoms with Gasteiger partial charge in [-0.1, -0.05) is 145 Å². The van der Waals surface area contributed by atoms with Crippen molar-refractivity contribution in [2.45, 2.75) is 102 Å². The lowest BCUT2D eigenvalue weighted by atomic mass is 10.0. The van der Waals surface area contributed by atoms with E-state index in [2.05, 4.69) is 91.1 Å². The van der Waals surface area contributed by atoms with Gasteiger partial charge in [-0.15, -0.1) is 13.2 Å². The van der Waals surface area contributed by atoms with Gasteiger partial charge in [-0.25, -0.2) is 0 Å². The second-order valence-electron chi connectivity index (χ2n) is 12.2. The topological polar surface area (TPSA) is 36.9 Å². The van der Waals surface area contributed by atoms with Gasteiger partial charge in [-0.3, -0.25) is 0 Å². The molecule has 0 heterocycles. The van der Waals surface area contributed by atoms with E-state index in [0.717, 1.165) is 16.7 Å². The lowest BCUT2D eigenvalue weighted by Crippen LogP contribution is -2.56. The zero-order valence-electron chi connectivity index (χ0n) is 27.0. The van der Waals surface area contributed by atoms with Crippen molar-refractivity contribution < 1.29 is 18.6 Å². The Morgan fingerprint density at radius 1 is 0.512 bits per heavy atom. The summed E-state index contributed by atoms with van der Waals surface area (Å²) in [5, 5.41) is 0. The Labute approximate surface area is 261 Å². The van der Waals surface area contributed by atoms with Crippen LogP contribution in [0.3, 0.4) is 0 Å². The van der Waals surface area contributed by atoms with E-state index in [0.29, 0.717) is 36.4 Å². The van der Waals surface area contributed by atoms with Crippen LogP contribution in [0, 0.1) is 0 Å². The maximum atomic E-state index is 7.34. The van der Waals surface area contributed by atoms with Crippen LogP contribution in [0.15, 0.2) is 116 Å². The molecule has 0 aromatic heterocycles. The summed E-state index contributed by atoms with van der Waals surface area (Å²) in [6.45, 7) is 23.5. The Morgan fingerprint density at radius 2 is 0.837 bits per heavy atom. The summed E-state index contributed by atoms with van der Waals surface area (Å²) in [4.78, 5) is 0. The van der Waals surface area contributed by atoms with Crippen molar-refractivity contribution in [1.82, 2.24) is 0 Å². The summed E-state index contributed by atoms with van der Waals surface area (Å²) in [6.07, 6.45) is 1.86. The van der Waals surface area contributed by atoms with Crippen molar-refractivity contribution in [3.05, 3.63) is 133 Å². The van der Waals surface area contributed by atoms with E-state index in [1.807, 2.05) is 66.7 Å². The summed E-state index contributed by atoms with van der Waals surface area (Å²) in [5.41, 5.74) is 4.44. The minimum Gasteiger partial charge on any atom is -0.407 e. The smallest absolute Gasteiger partial charge is 0.201 e. The van der Waals surface area contributed by atoms with Crippen molar-refractivity contribution >= 4 is 8.32 Å². The van der Waals surface area contributed by atoms with Crippen LogP contribution in [0.4, 0.5) is 0 Å². The van der Waals surface area contributed by atoms with E-state index in [9.17, 15) is 0 Å². The SMILES string of the molecule is C=CC(OCc1ccccc1)C(OCc1ccccc1)[C@H](OCc1ccccc1)C(C=C)O[Si](C(C)C)(C(C)C)C(C)C. The van der Waals surface area contributed by atoms with Gasteiger partial charge in [0.05, 0.1) is 25.9 Å². The van der Waals surface area contributed by atoms with Crippen LogP contribution in [0.5, 0.6) is 0 Å². The molecule has 0 aliphatic rings. The summed E-state index contributed by atoms with van der Waals surface area (Å²) >= 11 is 0. The average Bonchev–Trinajstić information content (AvgIpc) is 3.01. The minimum absolute atomic E-state index is 0.401. The molecule has 0 aliphatic heterocycles. The summed E-state index contributed by atoms with van der Waals surface area (Å²) in [5.74, 6) is 0. The van der Waals surface area contributed by atoms with Crippen LogP contribution >= 0.6 is 0 Å². The van der Waals surface area contributed by atoms with Gasteiger partial charge in [0.15, 0.2) is 0 Å². The van der Waals surface area contributed by atoms with Crippen LogP contribution in [-0.4, -0.2) is 32.7 Å². The second-order valence-corrected chi connectivity index (χ2v) is 17.6. The fourth-order valence-corrected chi connectivity index (χ4v) is 11.8. The molecule has 0 radical (unpaired) electrons. The third-order valence-electron chi connectivity index (χ3n) is 8.34. The summed E-state index contributed by atoms with van der Waals surface area (Å²) < 4.78 is 27.5. The van der Waals surface area contributed by atoms with Crippen molar-refractivity contribution in [2.75, 3.05) is 0 Å². The normalized spacial score (nSPS) is 14.9. The summed E-state index contributed by atoms with van der Waals surface area (Å²) in [6, 6.07) is 30.6. The largest absolute Gasteiger partial charge is 0.407 e. The van der Waals surface area contributed by atoms with E-state index in [4.69, 9.17) is 18.6 Å². The average molecular weight is 601 g/mol. The molecule has 0 N–H and O–H groups in total. The first kappa shape index (κ1) is 34.7. The van der Waals surface area contributed by atoms with Gasteiger partial charge in [0.2, 0.25) is 8.32 Å². The molecule has 3 aromatic carbocycles. The third-order valence-corrected chi connectivity index (χ3v) is 14.4. The van der Waals surface area contributed by atoms with Crippen molar-refractivity contribution in [2.24, 2.45) is 0 Å². The zero-order chi connectivity index (χ0) is 31.2. The van der Waals surface area contributed by atoms with E-state index in [-0.39, 0.29) is 0 Å². The zero-order valence-corrected chi connectivity index (χ0v) is 28.0. The quantitative estimate of drug-likeness (QED) is 0.101. The van der Waals surface area contributed by atoms with Crippen molar-refractivity contribution in [1.29, 1.82) is 0 Å². The Kier molecular flexibility index (Phi) is 14.1. The lowest BCUT2D eigenvalue weighted by Gasteiger charge is -2.46. The minimum atomic E-state index is -2.31. The van der Waals surface area contributed by atoms with Gasteiger partial charge in [-0.2, -0.15) is 0 Å². The predicted molar refractivity (Wildman–Crippen MR) is 181 cm³/mol. The molecule has 4 atom stereocenters. The van der Waals surface area contributed by atoms with Crippen molar-refractivity contribution in [3.8, 4) is 0 Å². The van der Waals surface area contributed by atoms with Crippen LogP contribution in [-0.2, 0) is 38.5 Å². The van der Waals surface area contributed by atoms with Gasteiger partial charge in [-0.05, 0) is 33.3 Å². The highest BCUT2D eigenvalue weighted by Gasteiger charge is 2.49. The van der Waals surface area contributed by atoms with Crippen LogP contribution in [0.25, 0.3) is 0 Å². The monoisotopic (exact) mass is 600 g/mol. The molecule has 0 aliphatic carbocycles. The van der Waals surface area contributed by atoms with Crippen molar-refractivity contribution in [3.63, 3.8) is 0 Å². The number of benzene rings is 3. The molecule has 5 heteroatoms. The fraction of sp³-hybridized carbons (Fsp3) is 0.421. The Morgan fingerprint density at radius 3 is 1.16 bits per heavy atom. The summed E-state index contributed by atoms with van der Waals surface area (Å²) in [7, 11) is -2.31. The standard InChI is InChI=1S/C38H52O4Si/c1-9-35(39-26-32-20-14-11-15-21-32)37(40-27-33-22-16-12-17-23-33)38(41-28-34-24-18-13-19-25-34)36(10-2)42-43(29(3)4,30(5)6)31(7)8/h9-25,29-31,35-38H,1-2,26-28H2,3-8H3/t35?,36?,37?,38-/m1/s1. The Hall–Kier alpha value is -2.80. The number of ether oxygens (including phenoxy) is 3. The fourth-order valence-electron chi connectivity index (χ4n) is 6.24. The van der Waals surface area contributed by atoms with E-state index >= 15 is 0 Å². The number of hydrogen-bond acceptors (Lipinski definition) is 4. The molecule has 0 saturated heterocycles. The van der Waals surface area contributed by atoms with Gasteiger partial charge >= 0.3 is 0 Å². The van der Waals surface area contributed by atoms with Crippen LogP contribution in [0.1, 0.15) is 58.2 Å². The van der Waals surface area contributed by atoms with Gasteiger partial charge in [0.1, 0.15) is 18.3 Å². The molecule has 232 valence electrons. The molecule has 0 bridgehead atoms. The van der Waals surface area contributed by atoms with Gasteiger partial charge in [0, 0.05) is 0 Å². The second kappa shape index (κ2) is 17.5. The number of rotatable bonds is 19. The molecule has 3 rings (SSSR count). The van der Waals surface area contributed by atoms with Gasteiger partial charge in [0.25, 0.3) is 0 Å². The Bertz CT molecular complexity index is 1170. The van der Waals surface area contributed by atoms with Gasteiger partial charge < -0.3 is 18.6 Å². The molecular weight excluding hydrogens is 549 g/mol. The highest BCUT2D eigenvalue weighted by atomic mass is 28.4.